The first-order chi connectivity index (χ1) is 21.4. The van der Waals surface area contributed by atoms with Crippen molar-refractivity contribution in [3.05, 3.63) is 88.6 Å². The summed E-state index contributed by atoms with van der Waals surface area (Å²) in [5, 5.41) is 31.0. The fraction of sp³-hybridized carbons (Fsp3) is 0.324. The van der Waals surface area contributed by atoms with E-state index in [0.29, 0.717) is 47.7 Å². The molecule has 1 aromatic heterocycles. The summed E-state index contributed by atoms with van der Waals surface area (Å²) in [6.45, 7) is 1.83. The number of hydrogen-bond donors (Lipinski definition) is 1. The molecule has 10 heteroatoms. The number of halogens is 1. The van der Waals surface area contributed by atoms with Gasteiger partial charge in [0.1, 0.15) is 11.9 Å². The third-order valence-corrected chi connectivity index (χ3v) is 9.54. The number of amides is 1. The number of aliphatic imine (C=N–C) groups is 1. The van der Waals surface area contributed by atoms with Crippen molar-refractivity contribution >= 4 is 28.6 Å². The van der Waals surface area contributed by atoms with Crippen LogP contribution in [0.5, 0.6) is 0 Å². The largest absolute Gasteiger partial charge is 0.392 e. The van der Waals surface area contributed by atoms with Crippen LogP contribution in [0.25, 0.3) is 22.2 Å². The lowest BCUT2D eigenvalue weighted by Crippen LogP contribution is -2.49. The normalized spacial score (nSPS) is 23.0. The Labute approximate surface area is 253 Å². The van der Waals surface area contributed by atoms with Gasteiger partial charge in [-0.2, -0.15) is 9.65 Å². The number of carbonyl (C=O) groups is 1. The molecule has 44 heavy (non-hydrogen) atoms. The standard InChI is InChI=1S/C34H30FN7O2/c1-40-19-38-39-32(40)24-9-10-26(25(16-36)29(24)21-5-6-21)34(12-13-37-28(35)15-34)42-27-4-2-3-20-7-8-22(31(30(20)27)33(42)44)17-41-14-11-23(43)18-41/h2-4,7-10,13,15,19,21,23,43H,5-6,11-12,14,17-18H2,1H3/t23-,34?/m0/s1. The molecule has 1 saturated heterocycles. The van der Waals surface area contributed by atoms with E-state index in [-0.39, 0.29) is 24.3 Å². The Hall–Kier alpha value is -4.72. The highest BCUT2D eigenvalue weighted by Gasteiger charge is 2.49. The van der Waals surface area contributed by atoms with Crippen molar-refractivity contribution in [2.75, 3.05) is 18.0 Å². The van der Waals surface area contributed by atoms with E-state index in [1.807, 2.05) is 54.1 Å². The first-order valence-electron chi connectivity index (χ1n) is 15.0. The summed E-state index contributed by atoms with van der Waals surface area (Å²) < 4.78 is 17.2. The van der Waals surface area contributed by atoms with Gasteiger partial charge in [0.05, 0.1) is 29.0 Å². The van der Waals surface area contributed by atoms with Crippen molar-refractivity contribution in [3.63, 3.8) is 0 Å². The maximum atomic E-state index is 15.4. The van der Waals surface area contributed by atoms with Gasteiger partial charge in [0, 0.05) is 61.9 Å². The van der Waals surface area contributed by atoms with Crippen LogP contribution in [0.3, 0.4) is 0 Å². The van der Waals surface area contributed by atoms with E-state index in [1.54, 1.807) is 11.2 Å². The Balaban J connectivity index is 1.34. The van der Waals surface area contributed by atoms with E-state index in [2.05, 4.69) is 26.2 Å². The van der Waals surface area contributed by atoms with Gasteiger partial charge < -0.3 is 9.67 Å². The molecule has 1 saturated carbocycles. The zero-order valence-corrected chi connectivity index (χ0v) is 24.2. The van der Waals surface area contributed by atoms with Crippen LogP contribution in [0.1, 0.15) is 64.2 Å². The van der Waals surface area contributed by atoms with Crippen LogP contribution in [0, 0.1) is 11.3 Å². The van der Waals surface area contributed by atoms with E-state index in [1.165, 1.54) is 12.3 Å². The molecular formula is C34H30FN7O2. The van der Waals surface area contributed by atoms with Crippen molar-refractivity contribution in [1.82, 2.24) is 19.7 Å². The van der Waals surface area contributed by atoms with Crippen molar-refractivity contribution in [2.24, 2.45) is 12.0 Å². The Morgan fingerprint density at radius 2 is 2.02 bits per heavy atom. The lowest BCUT2D eigenvalue weighted by atomic mass is 9.78. The topological polar surface area (TPSA) is 111 Å². The molecule has 2 fully saturated rings. The van der Waals surface area contributed by atoms with E-state index < -0.39 is 11.5 Å². The molecule has 8 rings (SSSR count). The van der Waals surface area contributed by atoms with E-state index in [9.17, 15) is 15.2 Å². The Morgan fingerprint density at radius 1 is 1.16 bits per heavy atom. The van der Waals surface area contributed by atoms with Crippen LogP contribution in [0.4, 0.5) is 10.1 Å². The molecule has 3 aliphatic heterocycles. The molecule has 0 bridgehead atoms. The summed E-state index contributed by atoms with van der Waals surface area (Å²) in [6, 6.07) is 16.1. The van der Waals surface area contributed by atoms with Gasteiger partial charge in [-0.05, 0) is 47.8 Å². The smallest absolute Gasteiger partial charge is 0.260 e. The zero-order chi connectivity index (χ0) is 30.2. The highest BCUT2D eigenvalue weighted by molar-refractivity contribution is 6.26. The summed E-state index contributed by atoms with van der Waals surface area (Å²) in [4.78, 5) is 22.6. The second-order valence-electron chi connectivity index (χ2n) is 12.3. The van der Waals surface area contributed by atoms with E-state index in [0.717, 1.165) is 46.8 Å². The summed E-state index contributed by atoms with van der Waals surface area (Å²) >= 11 is 0. The molecule has 220 valence electrons. The number of nitrogens with zero attached hydrogens (tertiary/aromatic N) is 7. The van der Waals surface area contributed by atoms with Crippen LogP contribution in [-0.2, 0) is 19.1 Å². The van der Waals surface area contributed by atoms with Gasteiger partial charge in [-0.15, -0.1) is 10.2 Å². The molecule has 3 aromatic carbocycles. The number of anilines is 1. The van der Waals surface area contributed by atoms with Crippen molar-refractivity contribution in [1.29, 1.82) is 5.26 Å². The minimum absolute atomic E-state index is 0.164. The van der Waals surface area contributed by atoms with Crippen LogP contribution in [0.2, 0.25) is 0 Å². The van der Waals surface area contributed by atoms with Gasteiger partial charge in [0.2, 0.25) is 5.95 Å². The molecule has 1 N–H and O–H groups in total. The van der Waals surface area contributed by atoms with Gasteiger partial charge in [0.15, 0.2) is 5.82 Å². The van der Waals surface area contributed by atoms with Crippen molar-refractivity contribution < 1.29 is 14.3 Å². The van der Waals surface area contributed by atoms with E-state index >= 15 is 4.39 Å². The Kier molecular flexibility index (Phi) is 6.05. The van der Waals surface area contributed by atoms with Crippen LogP contribution in [0.15, 0.2) is 65.8 Å². The number of aliphatic hydroxyl groups excluding tert-OH is 1. The third kappa shape index (κ3) is 3.96. The highest BCUT2D eigenvalue weighted by Crippen LogP contribution is 2.53. The first-order valence-corrected chi connectivity index (χ1v) is 15.0. The fourth-order valence-corrected chi connectivity index (χ4v) is 7.43. The Morgan fingerprint density at radius 3 is 2.73 bits per heavy atom. The molecule has 2 atom stereocenters. The molecule has 4 aromatic rings. The van der Waals surface area contributed by atoms with Crippen molar-refractivity contribution in [3.8, 4) is 17.5 Å². The average molecular weight is 588 g/mol. The second kappa shape index (κ2) is 9.91. The number of hydrogen-bond acceptors (Lipinski definition) is 7. The first kappa shape index (κ1) is 26.9. The number of aliphatic hydroxyl groups is 1. The number of likely N-dealkylation sites (tertiary alicyclic amines) is 1. The highest BCUT2D eigenvalue weighted by atomic mass is 19.1. The van der Waals surface area contributed by atoms with Gasteiger partial charge in [-0.25, -0.2) is 4.99 Å². The number of aryl methyl sites for hydroxylation is 1. The van der Waals surface area contributed by atoms with Crippen molar-refractivity contribution in [2.45, 2.75) is 49.8 Å². The second-order valence-corrected chi connectivity index (χ2v) is 12.3. The van der Waals surface area contributed by atoms with Gasteiger partial charge in [-0.3, -0.25) is 14.6 Å². The van der Waals surface area contributed by atoms with E-state index in [4.69, 9.17) is 0 Å². The fourth-order valence-electron chi connectivity index (χ4n) is 7.43. The average Bonchev–Trinajstić information content (AvgIpc) is 3.52. The lowest BCUT2D eigenvalue weighted by Gasteiger charge is -2.41. The third-order valence-electron chi connectivity index (χ3n) is 9.54. The number of β-amino-alcohol motifs (C(OH)–C–C–N with tert-alkyl or cyclic N) is 1. The molecular weight excluding hydrogens is 557 g/mol. The molecule has 1 aliphatic carbocycles. The molecule has 9 nitrogen and oxygen atoms in total. The summed E-state index contributed by atoms with van der Waals surface area (Å²) in [6.07, 6.45) is 6.93. The molecule has 4 heterocycles. The SMILES string of the molecule is Cn1cnnc1-c1ccc(C2(N3C(=O)c4c(CN5CC[C@H](O)C5)ccc5cccc3c45)C=C(F)N=CC2)c(C#N)c1C1CC1. The number of aromatic nitrogens is 3. The number of nitriles is 1. The number of carbonyl (C=O) groups excluding carboxylic acids is 1. The maximum Gasteiger partial charge on any atom is 0.260 e. The quantitative estimate of drug-likeness (QED) is 0.315. The minimum atomic E-state index is -1.33. The summed E-state index contributed by atoms with van der Waals surface area (Å²) in [7, 11) is 1.87. The summed E-state index contributed by atoms with van der Waals surface area (Å²) in [5.41, 5.74) is 3.51. The van der Waals surface area contributed by atoms with Crippen LogP contribution < -0.4 is 4.90 Å². The molecule has 0 radical (unpaired) electrons. The molecule has 4 aliphatic rings. The predicted octanol–water partition coefficient (Wildman–Crippen LogP) is 5.09. The van der Waals surface area contributed by atoms with Gasteiger partial charge in [0.25, 0.3) is 5.91 Å². The van der Waals surface area contributed by atoms with Crippen LogP contribution >= 0.6 is 0 Å². The molecule has 0 spiro atoms. The molecule has 1 amide bonds. The Bertz CT molecular complexity index is 1970. The number of benzene rings is 3. The minimum Gasteiger partial charge on any atom is -0.392 e. The number of rotatable bonds is 6. The molecule has 1 unspecified atom stereocenters. The lowest BCUT2D eigenvalue weighted by molar-refractivity contribution is 0.0969. The van der Waals surface area contributed by atoms with Gasteiger partial charge >= 0.3 is 0 Å². The summed E-state index contributed by atoms with van der Waals surface area (Å²) in [5.74, 6) is -0.119. The zero-order valence-electron chi connectivity index (χ0n) is 24.2. The van der Waals surface area contributed by atoms with Crippen LogP contribution in [-0.4, -0.2) is 56.1 Å². The van der Waals surface area contributed by atoms with Gasteiger partial charge in [-0.1, -0.05) is 36.4 Å². The maximum absolute atomic E-state index is 15.4. The monoisotopic (exact) mass is 587 g/mol. The predicted molar refractivity (Wildman–Crippen MR) is 164 cm³/mol.